The maximum Gasteiger partial charge on any atom is 0.416 e. The zero-order valence-electron chi connectivity index (χ0n) is 17.6. The van der Waals surface area contributed by atoms with Gasteiger partial charge in [-0.25, -0.2) is 0 Å². The molecule has 1 amide bonds. The number of halogens is 3. The van der Waals surface area contributed by atoms with Gasteiger partial charge in [-0.05, 0) is 35.4 Å². The Balaban J connectivity index is 1.35. The lowest BCUT2D eigenvalue weighted by Gasteiger charge is -2.35. The van der Waals surface area contributed by atoms with Crippen LogP contribution >= 0.6 is 0 Å². The third kappa shape index (κ3) is 3.98. The first-order valence-electron chi connectivity index (χ1n) is 10.6. The van der Waals surface area contributed by atoms with Crippen LogP contribution in [0.1, 0.15) is 22.3 Å². The molecule has 0 aliphatic carbocycles. The molecule has 0 fully saturated rings. The van der Waals surface area contributed by atoms with Crippen molar-refractivity contribution in [1.82, 2.24) is 14.7 Å². The molecule has 0 saturated carbocycles. The molecule has 3 heterocycles. The molecular formula is C24H20F3N5O. The van der Waals surface area contributed by atoms with Crippen molar-refractivity contribution in [1.29, 1.82) is 5.26 Å². The van der Waals surface area contributed by atoms with E-state index in [2.05, 4.69) is 16.0 Å². The molecule has 0 aromatic heterocycles. The molecule has 0 N–H and O–H groups in total. The van der Waals surface area contributed by atoms with Crippen LogP contribution < -0.4 is 0 Å². The second-order valence-corrected chi connectivity index (χ2v) is 8.30. The third-order valence-corrected chi connectivity index (χ3v) is 6.08. The van der Waals surface area contributed by atoms with Gasteiger partial charge in [0.1, 0.15) is 0 Å². The van der Waals surface area contributed by atoms with E-state index in [4.69, 9.17) is 5.26 Å². The fraction of sp³-hybridized carbons (Fsp3) is 0.292. The summed E-state index contributed by atoms with van der Waals surface area (Å²) in [5, 5.41) is 9.14. The van der Waals surface area contributed by atoms with E-state index >= 15 is 0 Å². The van der Waals surface area contributed by atoms with E-state index in [1.54, 1.807) is 11.0 Å². The summed E-state index contributed by atoms with van der Waals surface area (Å²) in [5.41, 5.74) is 3.12. The Labute approximate surface area is 188 Å². The molecule has 0 bridgehead atoms. The van der Waals surface area contributed by atoms with Gasteiger partial charge in [-0.15, -0.1) is 0 Å². The minimum Gasteiger partial charge on any atom is -0.312 e. The number of guanidine groups is 1. The summed E-state index contributed by atoms with van der Waals surface area (Å²) < 4.78 is 38.6. The van der Waals surface area contributed by atoms with Crippen molar-refractivity contribution in [3.8, 4) is 6.07 Å². The Kier molecular flexibility index (Phi) is 5.17. The minimum absolute atomic E-state index is 0.157. The monoisotopic (exact) mass is 451 g/mol. The number of fused-ring (bicyclic) bond motifs is 2. The molecule has 0 atom stereocenters. The molecule has 3 aliphatic heterocycles. The van der Waals surface area contributed by atoms with E-state index in [1.165, 1.54) is 12.1 Å². The number of carbonyl (C=O) groups is 1. The van der Waals surface area contributed by atoms with Gasteiger partial charge in [-0.1, -0.05) is 24.3 Å². The zero-order chi connectivity index (χ0) is 23.2. The summed E-state index contributed by atoms with van der Waals surface area (Å²) >= 11 is 0. The molecule has 3 aliphatic rings. The molecule has 2 aromatic rings. The van der Waals surface area contributed by atoms with Gasteiger partial charge in [0.2, 0.25) is 5.96 Å². The summed E-state index contributed by atoms with van der Waals surface area (Å²) in [4.78, 5) is 23.7. The van der Waals surface area contributed by atoms with Crippen LogP contribution in [0.5, 0.6) is 0 Å². The number of alkyl halides is 3. The molecule has 5 rings (SSSR count). The molecule has 0 unspecified atom stereocenters. The van der Waals surface area contributed by atoms with Crippen LogP contribution in [-0.2, 0) is 24.1 Å². The molecule has 33 heavy (non-hydrogen) atoms. The Morgan fingerprint density at radius 3 is 2.55 bits per heavy atom. The second-order valence-electron chi connectivity index (χ2n) is 8.30. The second kappa shape index (κ2) is 8.05. The molecule has 0 saturated heterocycles. The van der Waals surface area contributed by atoms with Crippen LogP contribution in [0.4, 0.5) is 13.2 Å². The van der Waals surface area contributed by atoms with Crippen LogP contribution in [-0.4, -0.2) is 52.7 Å². The lowest BCUT2D eigenvalue weighted by molar-refractivity contribution is -0.137. The van der Waals surface area contributed by atoms with Gasteiger partial charge >= 0.3 is 6.18 Å². The topological polar surface area (TPSA) is 62.9 Å². The quantitative estimate of drug-likeness (QED) is 0.715. The van der Waals surface area contributed by atoms with Crippen LogP contribution in [0.2, 0.25) is 0 Å². The number of carbonyl (C=O) groups excluding carboxylic acids is 1. The summed E-state index contributed by atoms with van der Waals surface area (Å²) in [6.07, 6.45) is -4.40. The molecule has 9 heteroatoms. The van der Waals surface area contributed by atoms with Crippen molar-refractivity contribution < 1.29 is 18.0 Å². The van der Waals surface area contributed by atoms with Crippen molar-refractivity contribution >= 4 is 11.9 Å². The van der Waals surface area contributed by atoms with E-state index in [9.17, 15) is 18.0 Å². The SMILES string of the molecule is N#Cc1cccc(CN2CC3=C(C2)N2CCN=C2N(Cc2ccc(C(F)(F)F)cc2)C3=O)c1. The van der Waals surface area contributed by atoms with E-state index in [1.807, 2.05) is 23.1 Å². The average Bonchev–Trinajstić information content (AvgIpc) is 3.44. The van der Waals surface area contributed by atoms with E-state index in [0.29, 0.717) is 55.4 Å². The third-order valence-electron chi connectivity index (χ3n) is 6.08. The number of nitriles is 1. The zero-order valence-corrected chi connectivity index (χ0v) is 17.6. The number of amides is 1. The highest BCUT2D eigenvalue weighted by molar-refractivity contribution is 6.10. The normalized spacial score (nSPS) is 18.4. The molecule has 0 radical (unpaired) electrons. The Morgan fingerprint density at radius 1 is 1.03 bits per heavy atom. The van der Waals surface area contributed by atoms with Gasteiger partial charge in [0.25, 0.3) is 5.91 Å². The summed E-state index contributed by atoms with van der Waals surface area (Å²) in [6, 6.07) is 14.4. The number of hydrogen-bond acceptors (Lipinski definition) is 5. The Morgan fingerprint density at radius 2 is 1.82 bits per heavy atom. The van der Waals surface area contributed by atoms with Crippen LogP contribution in [0.15, 0.2) is 64.8 Å². The lowest BCUT2D eigenvalue weighted by Crippen LogP contribution is -2.49. The highest BCUT2D eigenvalue weighted by Crippen LogP contribution is 2.33. The van der Waals surface area contributed by atoms with Gasteiger partial charge in [0.05, 0.1) is 35.9 Å². The molecule has 168 valence electrons. The Hall–Kier alpha value is -3.64. The highest BCUT2D eigenvalue weighted by atomic mass is 19.4. The first-order valence-corrected chi connectivity index (χ1v) is 10.6. The predicted octanol–water partition coefficient (Wildman–Crippen LogP) is 3.36. The molecular weight excluding hydrogens is 431 g/mol. The number of aliphatic imine (C=N–C) groups is 1. The van der Waals surface area contributed by atoms with Crippen molar-refractivity contribution in [2.75, 3.05) is 26.2 Å². The van der Waals surface area contributed by atoms with Crippen LogP contribution in [0.3, 0.4) is 0 Å². The van der Waals surface area contributed by atoms with E-state index in [0.717, 1.165) is 23.4 Å². The van der Waals surface area contributed by atoms with Crippen LogP contribution in [0, 0.1) is 11.3 Å². The van der Waals surface area contributed by atoms with E-state index in [-0.39, 0.29) is 12.5 Å². The summed E-state index contributed by atoms with van der Waals surface area (Å²) in [7, 11) is 0. The van der Waals surface area contributed by atoms with Crippen molar-refractivity contribution in [3.05, 3.63) is 82.1 Å². The minimum atomic E-state index is -4.40. The molecule has 0 spiro atoms. The maximum atomic E-state index is 13.4. The number of rotatable bonds is 4. The van der Waals surface area contributed by atoms with Gasteiger partial charge in [-0.3, -0.25) is 19.6 Å². The van der Waals surface area contributed by atoms with Crippen LogP contribution in [0.25, 0.3) is 0 Å². The average molecular weight is 451 g/mol. The largest absolute Gasteiger partial charge is 0.416 e. The van der Waals surface area contributed by atoms with Gasteiger partial charge in [0, 0.05) is 31.9 Å². The maximum absolute atomic E-state index is 13.4. The van der Waals surface area contributed by atoms with Gasteiger partial charge < -0.3 is 4.90 Å². The standard InChI is InChI=1S/C24H20F3N5O/c25-24(26,27)19-6-4-16(5-7-19)13-32-22(33)20-14-30(12-18-3-1-2-17(10-18)11-28)15-21(20)31-9-8-29-23(31)32/h1-7,10H,8-9,12-15H2. The summed E-state index contributed by atoms with van der Waals surface area (Å²) in [6.45, 7) is 3.07. The van der Waals surface area contributed by atoms with Gasteiger partial charge in [-0.2, -0.15) is 18.4 Å². The van der Waals surface area contributed by atoms with Crippen molar-refractivity contribution in [2.45, 2.75) is 19.3 Å². The molecule has 6 nitrogen and oxygen atoms in total. The first kappa shape index (κ1) is 21.2. The van der Waals surface area contributed by atoms with Crippen molar-refractivity contribution in [2.24, 2.45) is 4.99 Å². The number of benzene rings is 2. The predicted molar refractivity (Wildman–Crippen MR) is 114 cm³/mol. The number of hydrogen-bond donors (Lipinski definition) is 0. The van der Waals surface area contributed by atoms with Crippen molar-refractivity contribution in [3.63, 3.8) is 0 Å². The lowest BCUT2D eigenvalue weighted by atomic mass is 10.1. The van der Waals surface area contributed by atoms with E-state index < -0.39 is 11.7 Å². The van der Waals surface area contributed by atoms with Gasteiger partial charge in [0.15, 0.2) is 0 Å². The summed E-state index contributed by atoms with van der Waals surface area (Å²) in [5.74, 6) is 0.405. The fourth-order valence-electron chi connectivity index (χ4n) is 4.53. The fourth-order valence-corrected chi connectivity index (χ4v) is 4.53. The first-order chi connectivity index (χ1) is 15.8. The highest BCUT2D eigenvalue weighted by Gasteiger charge is 2.42. The molecule has 2 aromatic carbocycles. The smallest absolute Gasteiger partial charge is 0.312 e. The Bertz CT molecular complexity index is 1210. The number of nitrogens with zero attached hydrogens (tertiary/aromatic N) is 5.